The number of allylic oxidation sites excluding steroid dienone is 2. The minimum atomic E-state index is -1.25. The van der Waals surface area contributed by atoms with Crippen LogP contribution in [0, 0.1) is 11.8 Å². The fraction of sp³-hybridized carbons (Fsp3) is 0.652. The van der Waals surface area contributed by atoms with E-state index in [1.54, 1.807) is 0 Å². The Morgan fingerprint density at radius 1 is 0.893 bits per heavy atom. The molecule has 2 rings (SSSR count). The lowest BCUT2D eigenvalue weighted by atomic mass is 9.85. The van der Waals surface area contributed by atoms with Crippen molar-refractivity contribution in [2.45, 2.75) is 82.4 Å². The summed E-state index contributed by atoms with van der Waals surface area (Å²) in [6.45, 7) is 0. The van der Waals surface area contributed by atoms with Crippen molar-refractivity contribution < 1.29 is 25.5 Å². The second kappa shape index (κ2) is 12.3. The van der Waals surface area contributed by atoms with Crippen LogP contribution in [0.3, 0.4) is 0 Å². The van der Waals surface area contributed by atoms with Crippen LogP contribution in [0.15, 0.2) is 42.5 Å². The van der Waals surface area contributed by atoms with E-state index in [-0.39, 0.29) is 11.8 Å². The Morgan fingerprint density at radius 2 is 1.61 bits per heavy atom. The molecule has 0 radical (unpaired) electrons. The van der Waals surface area contributed by atoms with Gasteiger partial charge in [-0.3, -0.25) is 0 Å². The molecule has 5 heteroatoms. The highest BCUT2D eigenvalue weighted by molar-refractivity contribution is 5.14. The number of rotatable bonds is 12. The van der Waals surface area contributed by atoms with E-state index in [1.807, 2.05) is 30.4 Å². The highest BCUT2D eigenvalue weighted by Crippen LogP contribution is 2.38. The molecule has 1 fully saturated rings. The third-order valence-electron chi connectivity index (χ3n) is 5.87. The van der Waals surface area contributed by atoms with Crippen LogP contribution in [0.4, 0.5) is 0 Å². The average molecular weight is 393 g/mol. The third kappa shape index (κ3) is 8.02. The van der Waals surface area contributed by atoms with E-state index >= 15 is 0 Å². The Morgan fingerprint density at radius 3 is 2.32 bits per heavy atom. The van der Waals surface area contributed by atoms with Gasteiger partial charge in [0.05, 0.1) is 18.3 Å². The van der Waals surface area contributed by atoms with Gasteiger partial charge in [0.15, 0.2) is 6.29 Å². The largest absolute Gasteiger partial charge is 0.393 e. The molecule has 1 aromatic rings. The molecule has 0 spiro atoms. The number of aliphatic hydroxyl groups excluding tert-OH is 4. The van der Waals surface area contributed by atoms with Crippen LogP contribution in [0.5, 0.6) is 0 Å². The molecule has 28 heavy (non-hydrogen) atoms. The summed E-state index contributed by atoms with van der Waals surface area (Å²) in [4.78, 5) is 0. The first-order chi connectivity index (χ1) is 13.5. The first kappa shape index (κ1) is 23.0. The Labute approximate surface area is 168 Å². The van der Waals surface area contributed by atoms with E-state index in [4.69, 9.17) is 10.2 Å². The van der Waals surface area contributed by atoms with Crippen LogP contribution in [0.2, 0.25) is 0 Å². The van der Waals surface area contributed by atoms with Gasteiger partial charge in [0.25, 0.3) is 0 Å². The summed E-state index contributed by atoms with van der Waals surface area (Å²) in [6.07, 6.45) is 7.19. The van der Waals surface area contributed by atoms with E-state index in [2.05, 4.69) is 12.1 Å². The van der Waals surface area contributed by atoms with Gasteiger partial charge in [0.2, 0.25) is 0 Å². The zero-order valence-corrected chi connectivity index (χ0v) is 16.6. The van der Waals surface area contributed by atoms with Crippen molar-refractivity contribution in [2.24, 2.45) is 11.8 Å². The minimum absolute atomic E-state index is 0.00490. The van der Waals surface area contributed by atoms with E-state index < -0.39 is 24.6 Å². The van der Waals surface area contributed by atoms with Gasteiger partial charge in [0.1, 0.15) is 0 Å². The molecule has 1 saturated carbocycles. The van der Waals surface area contributed by atoms with Gasteiger partial charge < -0.3 is 25.5 Å². The monoisotopic (exact) mass is 392 g/mol. The maximum absolute atomic E-state index is 10.3. The number of unbranched alkanes of at least 4 members (excludes halogenated alkanes) is 1. The van der Waals surface area contributed by atoms with Gasteiger partial charge in [-0.2, -0.15) is 0 Å². The Balaban J connectivity index is 1.73. The molecule has 1 aliphatic rings. The van der Waals surface area contributed by atoms with Gasteiger partial charge in [-0.15, -0.1) is 0 Å². The summed E-state index contributed by atoms with van der Waals surface area (Å²) >= 11 is 0. The second-order valence-corrected chi connectivity index (χ2v) is 8.07. The van der Waals surface area contributed by atoms with E-state index in [9.17, 15) is 15.3 Å². The molecule has 5 nitrogen and oxygen atoms in total. The van der Waals surface area contributed by atoms with Crippen molar-refractivity contribution in [3.63, 3.8) is 0 Å². The van der Waals surface area contributed by atoms with Gasteiger partial charge in [-0.25, -0.2) is 0 Å². The maximum atomic E-state index is 10.3. The van der Waals surface area contributed by atoms with Crippen molar-refractivity contribution in [3.8, 4) is 0 Å². The quantitative estimate of drug-likeness (QED) is 0.214. The number of aliphatic hydroxyl groups is 5. The van der Waals surface area contributed by atoms with Gasteiger partial charge in [0, 0.05) is 0 Å². The molecule has 5 atom stereocenters. The second-order valence-electron chi connectivity index (χ2n) is 8.07. The summed E-state index contributed by atoms with van der Waals surface area (Å²) in [5, 5.41) is 48.6. The molecule has 1 aromatic carbocycles. The maximum Gasteiger partial charge on any atom is 0.151 e. The summed E-state index contributed by atoms with van der Waals surface area (Å²) in [6, 6.07) is 10.1. The summed E-state index contributed by atoms with van der Waals surface area (Å²) < 4.78 is 0. The molecule has 1 aliphatic carbocycles. The molecule has 0 aromatic heterocycles. The van der Waals surface area contributed by atoms with Crippen LogP contribution < -0.4 is 0 Å². The average Bonchev–Trinajstić information content (AvgIpc) is 2.94. The van der Waals surface area contributed by atoms with Gasteiger partial charge >= 0.3 is 0 Å². The molecular weight excluding hydrogens is 356 g/mol. The third-order valence-corrected chi connectivity index (χ3v) is 5.87. The van der Waals surface area contributed by atoms with E-state index in [0.717, 1.165) is 12.8 Å². The summed E-state index contributed by atoms with van der Waals surface area (Å²) in [5.74, 6) is 0.0151. The van der Waals surface area contributed by atoms with Crippen molar-refractivity contribution in [2.75, 3.05) is 0 Å². The minimum Gasteiger partial charge on any atom is -0.393 e. The Kier molecular flexibility index (Phi) is 10.2. The van der Waals surface area contributed by atoms with Crippen molar-refractivity contribution >= 4 is 0 Å². The zero-order valence-electron chi connectivity index (χ0n) is 16.6. The lowest BCUT2D eigenvalue weighted by molar-refractivity contribution is -0.0460. The lowest BCUT2D eigenvalue weighted by Crippen LogP contribution is -2.23. The molecule has 158 valence electrons. The molecular formula is C23H36O5. The number of benzene rings is 1. The summed E-state index contributed by atoms with van der Waals surface area (Å²) in [5.41, 5.74) is 1.22. The molecule has 0 aliphatic heterocycles. The van der Waals surface area contributed by atoms with Gasteiger partial charge in [-0.05, 0) is 75.2 Å². The van der Waals surface area contributed by atoms with Crippen molar-refractivity contribution in [1.82, 2.24) is 0 Å². The van der Waals surface area contributed by atoms with Crippen molar-refractivity contribution in [3.05, 3.63) is 48.0 Å². The predicted octanol–water partition coefficient (Wildman–Crippen LogP) is 2.55. The number of hydrogen-bond acceptors (Lipinski definition) is 5. The Bertz CT molecular complexity index is 559. The highest BCUT2D eigenvalue weighted by Gasteiger charge is 2.40. The smallest absolute Gasteiger partial charge is 0.151 e. The predicted molar refractivity (Wildman–Crippen MR) is 109 cm³/mol. The van der Waals surface area contributed by atoms with Crippen LogP contribution in [0.25, 0.3) is 0 Å². The first-order valence-corrected chi connectivity index (χ1v) is 10.6. The van der Waals surface area contributed by atoms with Crippen molar-refractivity contribution in [1.29, 1.82) is 0 Å². The summed E-state index contributed by atoms with van der Waals surface area (Å²) in [7, 11) is 0. The molecule has 0 amide bonds. The van der Waals surface area contributed by atoms with E-state index in [1.165, 1.54) is 5.56 Å². The van der Waals surface area contributed by atoms with Crippen LogP contribution in [0.1, 0.15) is 56.9 Å². The standard InChI is InChI=1S/C23H36O5/c24-18(13-12-17-8-4-3-5-9-17)14-15-20-19(21(25)16-22(20)26)10-6-1-2-7-11-23(27)28/h1,3-6,8-9,18-28H,2,7,10-16H2/b6-1-/t18-,19+,20+,21-,22+/m0/s1. The molecule has 5 N–H and O–H groups in total. The topological polar surface area (TPSA) is 101 Å². The van der Waals surface area contributed by atoms with Crippen LogP contribution >= 0.6 is 0 Å². The van der Waals surface area contributed by atoms with Crippen LogP contribution in [-0.4, -0.2) is 50.1 Å². The fourth-order valence-electron chi connectivity index (χ4n) is 4.20. The molecule has 0 bridgehead atoms. The SMILES string of the molecule is OC(O)CCC/C=C\C[C@@H]1[C@@H](CC[C@@H](O)CCc2ccccc2)[C@H](O)C[C@@H]1O. The Hall–Kier alpha value is -1.24. The van der Waals surface area contributed by atoms with E-state index in [0.29, 0.717) is 44.9 Å². The highest BCUT2D eigenvalue weighted by atomic mass is 16.5. The normalized spacial score (nSPS) is 26.4. The lowest BCUT2D eigenvalue weighted by Gasteiger charge is -2.23. The van der Waals surface area contributed by atoms with Crippen LogP contribution in [-0.2, 0) is 6.42 Å². The molecule has 0 unspecified atom stereocenters. The number of hydrogen-bond donors (Lipinski definition) is 5. The first-order valence-electron chi connectivity index (χ1n) is 10.6. The van der Waals surface area contributed by atoms with Gasteiger partial charge in [-0.1, -0.05) is 42.5 Å². The molecule has 0 heterocycles. The zero-order chi connectivity index (χ0) is 20.4. The number of aryl methyl sites for hydroxylation is 1. The fourth-order valence-corrected chi connectivity index (χ4v) is 4.20. The molecule has 0 saturated heterocycles.